The normalized spacial score (nSPS) is 18.6. The predicted molar refractivity (Wildman–Crippen MR) is 159 cm³/mol. The number of sulfonamides is 1. The lowest BCUT2D eigenvalue weighted by molar-refractivity contribution is -0.137. The number of pyridine rings is 1. The van der Waals surface area contributed by atoms with E-state index in [1.807, 2.05) is 12.1 Å². The molecular weight excluding hydrogens is 605 g/mol. The van der Waals surface area contributed by atoms with E-state index in [2.05, 4.69) is 15.2 Å². The molecule has 5 rings (SSSR count). The summed E-state index contributed by atoms with van der Waals surface area (Å²) in [6.07, 6.45) is -2.69. The van der Waals surface area contributed by atoms with E-state index in [-0.39, 0.29) is 54.0 Å². The van der Waals surface area contributed by atoms with Crippen molar-refractivity contribution in [3.05, 3.63) is 82.5 Å². The first kappa shape index (κ1) is 31.2. The summed E-state index contributed by atoms with van der Waals surface area (Å²) in [5, 5.41) is 2.50. The molecule has 9 nitrogen and oxygen atoms in total. The molecule has 0 radical (unpaired) electrons. The molecule has 2 saturated heterocycles. The Morgan fingerprint density at radius 1 is 1.00 bits per heavy atom. The van der Waals surface area contributed by atoms with Crippen LogP contribution in [0, 0.1) is 0 Å². The summed E-state index contributed by atoms with van der Waals surface area (Å²) in [6.45, 7) is 3.23. The van der Waals surface area contributed by atoms with Crippen molar-refractivity contribution in [1.29, 1.82) is 0 Å². The van der Waals surface area contributed by atoms with Crippen molar-refractivity contribution in [3.8, 4) is 0 Å². The molecule has 3 heterocycles. The molecule has 1 atom stereocenters. The lowest BCUT2D eigenvalue weighted by Crippen LogP contribution is -2.49. The summed E-state index contributed by atoms with van der Waals surface area (Å²) in [5.41, 5.74) is 7.10. The number of hydrogen-bond donors (Lipinski definition) is 2. The SMILES string of the molecule is NC1CCN(CCc2ccc(C(=O)Nc3ccc(S(=O)(=O)N4CCN(c5cc(C(F)(F)F)cc(Cl)n5)CC4)cc3)cc2)C1. The number of aromatic nitrogens is 1. The predicted octanol–water partition coefficient (Wildman–Crippen LogP) is 4.09. The molecule has 2 aromatic carbocycles. The van der Waals surface area contributed by atoms with Gasteiger partial charge in [0.05, 0.1) is 10.5 Å². The van der Waals surface area contributed by atoms with Gasteiger partial charge in [-0.2, -0.15) is 17.5 Å². The van der Waals surface area contributed by atoms with Crippen molar-refractivity contribution >= 4 is 39.0 Å². The number of carbonyl (C=O) groups is 1. The number of anilines is 2. The first-order chi connectivity index (χ1) is 20.4. The Morgan fingerprint density at radius 2 is 1.67 bits per heavy atom. The highest BCUT2D eigenvalue weighted by Crippen LogP contribution is 2.33. The van der Waals surface area contributed by atoms with Crippen LogP contribution in [0.4, 0.5) is 24.7 Å². The maximum atomic E-state index is 13.2. The molecule has 2 fully saturated rings. The lowest BCUT2D eigenvalue weighted by Gasteiger charge is -2.35. The van der Waals surface area contributed by atoms with Gasteiger partial charge in [0, 0.05) is 56.6 Å². The number of nitrogens with two attached hydrogens (primary N) is 1. The summed E-state index contributed by atoms with van der Waals surface area (Å²) < 4.78 is 67.3. The van der Waals surface area contributed by atoms with Crippen molar-refractivity contribution in [2.24, 2.45) is 5.73 Å². The van der Waals surface area contributed by atoms with Gasteiger partial charge in [0.25, 0.3) is 5.91 Å². The van der Waals surface area contributed by atoms with Gasteiger partial charge in [-0.1, -0.05) is 23.7 Å². The van der Waals surface area contributed by atoms with Gasteiger partial charge in [0.1, 0.15) is 11.0 Å². The summed E-state index contributed by atoms with van der Waals surface area (Å²) in [5.74, 6) is -0.272. The first-order valence-corrected chi connectivity index (χ1v) is 15.7. The van der Waals surface area contributed by atoms with E-state index in [4.69, 9.17) is 17.3 Å². The second-order valence-corrected chi connectivity index (χ2v) is 13.0. The van der Waals surface area contributed by atoms with Crippen molar-refractivity contribution in [2.45, 2.75) is 30.0 Å². The van der Waals surface area contributed by atoms with Gasteiger partial charge in [-0.3, -0.25) is 4.79 Å². The largest absolute Gasteiger partial charge is 0.416 e. The maximum absolute atomic E-state index is 13.2. The minimum Gasteiger partial charge on any atom is -0.354 e. The zero-order valence-electron chi connectivity index (χ0n) is 23.2. The highest BCUT2D eigenvalue weighted by atomic mass is 35.5. The van der Waals surface area contributed by atoms with E-state index >= 15 is 0 Å². The van der Waals surface area contributed by atoms with Gasteiger partial charge in [-0.05, 0) is 73.5 Å². The van der Waals surface area contributed by atoms with Crippen LogP contribution >= 0.6 is 11.6 Å². The highest BCUT2D eigenvalue weighted by Gasteiger charge is 2.33. The third kappa shape index (κ3) is 7.65. The van der Waals surface area contributed by atoms with E-state index in [9.17, 15) is 26.4 Å². The summed E-state index contributed by atoms with van der Waals surface area (Å²) in [7, 11) is -3.87. The Hall–Kier alpha value is -3.23. The quantitative estimate of drug-likeness (QED) is 0.358. The zero-order chi connectivity index (χ0) is 30.8. The topological polar surface area (TPSA) is 112 Å². The number of piperazine rings is 1. The minimum absolute atomic E-state index is 0.0406. The Labute approximate surface area is 253 Å². The van der Waals surface area contributed by atoms with Crippen LogP contribution in [-0.2, 0) is 22.6 Å². The standard InChI is InChI=1S/C29H32ClF3N6O3S/c30-26-17-22(29(31,32)33)18-27(36-26)38-13-15-39(16-14-38)43(41,42)25-7-5-24(6-8-25)35-28(40)21-3-1-20(2-4-21)9-11-37-12-10-23(34)19-37/h1-8,17-18,23H,9-16,19,34H2,(H,35,40). The molecule has 2 aliphatic rings. The number of hydrogen-bond acceptors (Lipinski definition) is 7. The van der Waals surface area contributed by atoms with Gasteiger partial charge >= 0.3 is 6.18 Å². The number of amides is 1. The Kier molecular flexibility index (Phi) is 9.28. The van der Waals surface area contributed by atoms with Crippen molar-refractivity contribution < 1.29 is 26.4 Å². The van der Waals surface area contributed by atoms with Crippen LogP contribution < -0.4 is 16.0 Å². The van der Waals surface area contributed by atoms with Crippen LogP contribution in [0.1, 0.15) is 27.9 Å². The van der Waals surface area contributed by atoms with E-state index < -0.39 is 21.8 Å². The molecule has 0 spiro atoms. The van der Waals surface area contributed by atoms with Crippen molar-refractivity contribution in [2.75, 3.05) is 56.0 Å². The summed E-state index contributed by atoms with van der Waals surface area (Å²) >= 11 is 5.80. The van der Waals surface area contributed by atoms with Crippen LogP contribution in [0.15, 0.2) is 65.6 Å². The van der Waals surface area contributed by atoms with Gasteiger partial charge in [-0.25, -0.2) is 13.4 Å². The summed E-state index contributed by atoms with van der Waals surface area (Å²) in [6, 6.07) is 15.2. The number of benzene rings is 2. The summed E-state index contributed by atoms with van der Waals surface area (Å²) in [4.78, 5) is 20.7. The fourth-order valence-corrected chi connectivity index (χ4v) is 6.83. The molecule has 2 aliphatic heterocycles. The van der Waals surface area contributed by atoms with E-state index in [1.165, 1.54) is 28.6 Å². The van der Waals surface area contributed by atoms with Crippen molar-refractivity contribution in [3.63, 3.8) is 0 Å². The van der Waals surface area contributed by atoms with E-state index in [0.717, 1.165) is 50.2 Å². The van der Waals surface area contributed by atoms with Crippen molar-refractivity contribution in [1.82, 2.24) is 14.2 Å². The Balaban J connectivity index is 1.15. The van der Waals surface area contributed by atoms with Crippen LogP contribution in [-0.4, -0.2) is 80.4 Å². The minimum atomic E-state index is -4.58. The first-order valence-electron chi connectivity index (χ1n) is 13.9. The Morgan fingerprint density at radius 3 is 2.28 bits per heavy atom. The molecular formula is C29H32ClF3N6O3S. The molecule has 1 amide bonds. The van der Waals surface area contributed by atoms with Gasteiger partial charge in [0.15, 0.2) is 0 Å². The number of carbonyl (C=O) groups excluding carboxylic acids is 1. The van der Waals surface area contributed by atoms with Crippen LogP contribution in [0.5, 0.6) is 0 Å². The number of nitrogens with one attached hydrogen (secondary N) is 1. The molecule has 0 bridgehead atoms. The number of rotatable bonds is 8. The number of nitrogens with zero attached hydrogens (tertiary/aromatic N) is 4. The number of likely N-dealkylation sites (tertiary alicyclic amines) is 1. The third-order valence-electron chi connectivity index (χ3n) is 7.66. The fraction of sp³-hybridized carbons (Fsp3) is 0.379. The zero-order valence-corrected chi connectivity index (χ0v) is 24.8. The number of alkyl halides is 3. The van der Waals surface area contributed by atoms with Gasteiger partial charge < -0.3 is 20.9 Å². The lowest BCUT2D eigenvalue weighted by atomic mass is 10.1. The third-order valence-corrected chi connectivity index (χ3v) is 9.77. The second-order valence-electron chi connectivity index (χ2n) is 10.7. The molecule has 1 unspecified atom stereocenters. The van der Waals surface area contributed by atoms with Crippen LogP contribution in [0.3, 0.4) is 0 Å². The fourth-order valence-electron chi connectivity index (χ4n) is 5.20. The van der Waals surface area contributed by atoms with Gasteiger partial charge in [0.2, 0.25) is 10.0 Å². The van der Waals surface area contributed by atoms with Gasteiger partial charge in [-0.15, -0.1) is 0 Å². The van der Waals surface area contributed by atoms with E-state index in [0.29, 0.717) is 11.3 Å². The molecule has 3 aromatic rings. The molecule has 230 valence electrons. The average molecular weight is 637 g/mol. The monoisotopic (exact) mass is 636 g/mol. The van der Waals surface area contributed by atoms with Crippen LogP contribution in [0.25, 0.3) is 0 Å². The molecule has 0 saturated carbocycles. The smallest absolute Gasteiger partial charge is 0.354 e. The molecule has 3 N–H and O–H groups in total. The molecule has 0 aliphatic carbocycles. The Bertz CT molecular complexity index is 1550. The number of halogens is 4. The molecule has 14 heteroatoms. The van der Waals surface area contributed by atoms with Crippen LogP contribution in [0.2, 0.25) is 5.15 Å². The molecule has 1 aromatic heterocycles. The second kappa shape index (κ2) is 12.8. The maximum Gasteiger partial charge on any atom is 0.416 e. The highest BCUT2D eigenvalue weighted by molar-refractivity contribution is 7.89. The van der Waals surface area contributed by atoms with E-state index in [1.54, 1.807) is 17.0 Å². The average Bonchev–Trinajstić information content (AvgIpc) is 3.41. The molecule has 43 heavy (non-hydrogen) atoms.